The molecule has 3 rings (SSSR count). The molecule has 1 fully saturated rings. The molecule has 0 atom stereocenters. The first kappa shape index (κ1) is 30.1. The number of ether oxygens (including phenoxy) is 3. The maximum absolute atomic E-state index is 11.8. The summed E-state index contributed by atoms with van der Waals surface area (Å²) in [6.07, 6.45) is 5.74. The van der Waals surface area contributed by atoms with Gasteiger partial charge in [0.05, 0.1) is 30.3 Å². The predicted molar refractivity (Wildman–Crippen MR) is 135 cm³/mol. The van der Waals surface area contributed by atoms with E-state index < -0.39 is 26.4 Å². The molecule has 11 nitrogen and oxygen atoms in total. The van der Waals surface area contributed by atoms with Gasteiger partial charge >= 0.3 is 10.5 Å². The third kappa shape index (κ3) is 11.6. The van der Waals surface area contributed by atoms with Crippen molar-refractivity contribution < 1.29 is 35.8 Å². The zero-order valence-electron chi connectivity index (χ0n) is 20.3. The normalized spacial score (nSPS) is 13.0. The van der Waals surface area contributed by atoms with E-state index in [1.54, 1.807) is 25.3 Å². The molecule has 0 spiro atoms. The number of carbonyl (C=O) groups excluding carboxylic acids is 1. The van der Waals surface area contributed by atoms with Gasteiger partial charge in [-0.15, -0.1) is 0 Å². The monoisotopic (exact) mass is 551 g/mol. The Morgan fingerprint density at radius 1 is 1.14 bits per heavy atom. The Balaban J connectivity index is 0.000000402. The van der Waals surface area contributed by atoms with Crippen LogP contribution < -0.4 is 9.88 Å². The summed E-state index contributed by atoms with van der Waals surface area (Å²) in [5.74, 6) is 5.94. The number of nitrogens with two attached hydrogens (primary N) is 1. The van der Waals surface area contributed by atoms with Crippen molar-refractivity contribution in [2.75, 3.05) is 33.5 Å². The van der Waals surface area contributed by atoms with Crippen molar-refractivity contribution in [3.05, 3.63) is 53.9 Å². The number of hydrogen-bond acceptors (Lipinski definition) is 9. The molecule has 0 unspecified atom stereocenters. The fourth-order valence-electron chi connectivity index (χ4n) is 3.19. The summed E-state index contributed by atoms with van der Waals surface area (Å²) >= 11 is 0. The topological polar surface area (TPSA) is 164 Å². The highest BCUT2D eigenvalue weighted by atomic mass is 32.2. The minimum absolute atomic E-state index is 0.0147. The third-order valence-electron chi connectivity index (χ3n) is 5.00. The van der Waals surface area contributed by atoms with E-state index in [1.807, 2.05) is 0 Å². The Morgan fingerprint density at radius 2 is 1.81 bits per heavy atom. The van der Waals surface area contributed by atoms with E-state index in [4.69, 9.17) is 19.3 Å². The van der Waals surface area contributed by atoms with Crippen molar-refractivity contribution >= 4 is 26.4 Å². The summed E-state index contributed by atoms with van der Waals surface area (Å²) in [6.45, 7) is 1.48. The minimum atomic E-state index is -3.50. The van der Waals surface area contributed by atoms with Crippen LogP contribution in [-0.2, 0) is 30.0 Å². The maximum atomic E-state index is 11.8. The Morgan fingerprint density at radius 3 is 2.41 bits per heavy atom. The van der Waals surface area contributed by atoms with Gasteiger partial charge in [-0.25, -0.2) is 18.5 Å². The highest BCUT2D eigenvalue weighted by Gasteiger charge is 2.14. The van der Waals surface area contributed by atoms with Crippen LogP contribution in [0, 0.1) is 17.8 Å². The molecule has 2 N–H and O–H groups in total. The average Bonchev–Trinajstić information content (AvgIpc) is 3.39. The predicted octanol–water partition coefficient (Wildman–Crippen LogP) is 2.20. The second-order valence-electron chi connectivity index (χ2n) is 7.75. The van der Waals surface area contributed by atoms with Crippen molar-refractivity contribution in [1.82, 2.24) is 4.98 Å². The number of nitrogens with zero attached hydrogens (tertiary/aromatic N) is 2. The van der Waals surface area contributed by atoms with E-state index in [-0.39, 0.29) is 17.1 Å². The van der Waals surface area contributed by atoms with Gasteiger partial charge in [0.2, 0.25) is 10.0 Å². The molecule has 0 aliphatic heterocycles. The smallest absolute Gasteiger partial charge is 0.319 e. The van der Waals surface area contributed by atoms with Gasteiger partial charge in [-0.2, -0.15) is 8.42 Å². The molecular formula is C24H29N3O8S2. The van der Waals surface area contributed by atoms with E-state index in [1.165, 1.54) is 37.2 Å². The SMILES string of the molecule is COCCOCCOc1cc(C(=O)N=S(=O)=O)cnc1C#CC1CCCC1.NS(=O)(=O)c1ccccc1. The fraction of sp³-hybridized carbons (Fsp3) is 0.417. The quantitative estimate of drug-likeness (QED) is 0.363. The molecule has 1 amide bonds. The largest absolute Gasteiger partial charge is 0.488 e. The van der Waals surface area contributed by atoms with Crippen LogP contribution >= 0.6 is 0 Å². The van der Waals surface area contributed by atoms with Crippen molar-refractivity contribution in [2.24, 2.45) is 15.4 Å². The molecule has 0 saturated heterocycles. The fourth-order valence-corrected chi connectivity index (χ4v) is 3.97. The Labute approximate surface area is 218 Å². The number of sulfonamides is 1. The highest BCUT2D eigenvalue weighted by Crippen LogP contribution is 2.24. The van der Waals surface area contributed by atoms with Gasteiger partial charge in [0.15, 0.2) is 11.4 Å². The standard InChI is InChI=1S/C18H22N2O6S.C6H7NO2S/c1-24-8-9-25-10-11-26-17-12-15(18(21)20-27(22)23)13-19-16(17)7-6-14-4-2-3-5-14;7-10(8,9)6-4-2-1-3-5-6/h12-14H,2-5,8-11H2,1H3;1-5H,(H2,7,8,9). The summed E-state index contributed by atoms with van der Waals surface area (Å²) in [6, 6.07) is 9.29. The van der Waals surface area contributed by atoms with Crippen LogP contribution in [0.25, 0.3) is 0 Å². The molecule has 1 saturated carbocycles. The first-order valence-electron chi connectivity index (χ1n) is 11.3. The summed E-state index contributed by atoms with van der Waals surface area (Å²) in [7, 11) is -4.74. The van der Waals surface area contributed by atoms with Gasteiger partial charge < -0.3 is 14.2 Å². The van der Waals surface area contributed by atoms with E-state index in [2.05, 4.69) is 21.2 Å². The van der Waals surface area contributed by atoms with Gasteiger partial charge in [-0.3, -0.25) is 4.79 Å². The maximum Gasteiger partial charge on any atom is 0.319 e. The van der Waals surface area contributed by atoms with Crippen molar-refractivity contribution in [1.29, 1.82) is 0 Å². The lowest BCUT2D eigenvalue weighted by molar-refractivity contribution is 0.0543. The Hall–Kier alpha value is -3.15. The Bertz CT molecular complexity index is 1320. The molecule has 0 bridgehead atoms. The van der Waals surface area contributed by atoms with Crippen molar-refractivity contribution in [2.45, 2.75) is 30.6 Å². The summed E-state index contributed by atoms with van der Waals surface area (Å²) in [5, 5.41) is 4.83. The molecule has 200 valence electrons. The molecule has 1 aromatic heterocycles. The second kappa shape index (κ2) is 15.9. The number of methoxy groups -OCH3 is 1. The molecule has 13 heteroatoms. The zero-order valence-corrected chi connectivity index (χ0v) is 22.0. The molecule has 1 aliphatic rings. The number of amides is 1. The molecule has 37 heavy (non-hydrogen) atoms. The number of benzene rings is 1. The number of hydrogen-bond donors (Lipinski definition) is 1. The van der Waals surface area contributed by atoms with Crippen LogP contribution in [0.4, 0.5) is 0 Å². The Kier molecular flexibility index (Phi) is 12.9. The van der Waals surface area contributed by atoms with Gasteiger partial charge in [0, 0.05) is 19.2 Å². The van der Waals surface area contributed by atoms with Crippen LogP contribution in [0.1, 0.15) is 41.7 Å². The van der Waals surface area contributed by atoms with E-state index >= 15 is 0 Å². The zero-order chi connectivity index (χ0) is 27.1. The van der Waals surface area contributed by atoms with Crippen LogP contribution in [0.5, 0.6) is 5.75 Å². The van der Waals surface area contributed by atoms with Crippen LogP contribution in [0.3, 0.4) is 0 Å². The number of pyridine rings is 1. The van der Waals surface area contributed by atoms with E-state index in [0.717, 1.165) is 12.8 Å². The van der Waals surface area contributed by atoms with Crippen molar-refractivity contribution in [3.63, 3.8) is 0 Å². The van der Waals surface area contributed by atoms with Gasteiger partial charge in [-0.05, 0) is 37.0 Å². The van der Waals surface area contributed by atoms with Crippen LogP contribution in [0.2, 0.25) is 0 Å². The lowest BCUT2D eigenvalue weighted by atomic mass is 10.1. The minimum Gasteiger partial charge on any atom is -0.488 e. The molecule has 1 heterocycles. The van der Waals surface area contributed by atoms with E-state index in [0.29, 0.717) is 37.2 Å². The molecular weight excluding hydrogens is 522 g/mol. The van der Waals surface area contributed by atoms with Gasteiger partial charge in [0.1, 0.15) is 6.61 Å². The lowest BCUT2D eigenvalue weighted by Crippen LogP contribution is -2.11. The summed E-state index contributed by atoms with van der Waals surface area (Å²) in [4.78, 5) is 16.1. The number of carbonyl (C=O) groups is 1. The summed E-state index contributed by atoms with van der Waals surface area (Å²) in [5.41, 5.74) is 0.416. The molecule has 1 aromatic carbocycles. The van der Waals surface area contributed by atoms with E-state index in [9.17, 15) is 21.6 Å². The second-order valence-corrected chi connectivity index (χ2v) is 9.92. The molecule has 0 radical (unpaired) electrons. The lowest BCUT2D eigenvalue weighted by Gasteiger charge is -2.09. The summed E-state index contributed by atoms with van der Waals surface area (Å²) < 4.78 is 61.2. The number of aromatic nitrogens is 1. The average molecular weight is 552 g/mol. The van der Waals surface area contributed by atoms with Crippen molar-refractivity contribution in [3.8, 4) is 17.6 Å². The highest BCUT2D eigenvalue weighted by molar-refractivity contribution is 7.89. The van der Waals surface area contributed by atoms with Gasteiger partial charge in [0.25, 0.3) is 5.91 Å². The first-order valence-corrected chi connectivity index (χ1v) is 13.9. The molecule has 1 aliphatic carbocycles. The third-order valence-corrected chi connectivity index (χ3v) is 6.24. The van der Waals surface area contributed by atoms with Crippen LogP contribution in [-0.4, -0.2) is 61.3 Å². The first-order chi connectivity index (χ1) is 17.7. The number of rotatable bonds is 9. The van der Waals surface area contributed by atoms with Gasteiger partial charge in [-0.1, -0.05) is 41.3 Å². The molecule has 2 aromatic rings. The van der Waals surface area contributed by atoms with Crippen LogP contribution in [0.15, 0.2) is 51.9 Å². The number of primary sulfonamides is 1.